The van der Waals surface area contributed by atoms with Crippen LogP contribution in [0, 0.1) is 0 Å². The van der Waals surface area contributed by atoms with Crippen molar-refractivity contribution in [2.75, 3.05) is 25.0 Å². The molecule has 1 N–H and O–H groups in total. The normalized spacial score (nSPS) is 18.4. The van der Waals surface area contributed by atoms with Crippen LogP contribution in [0.2, 0.25) is 0 Å². The summed E-state index contributed by atoms with van der Waals surface area (Å²) in [6.45, 7) is 2.44. The first-order valence-electron chi connectivity index (χ1n) is 8.48. The fourth-order valence-corrected chi connectivity index (χ4v) is 4.43. The highest BCUT2D eigenvalue weighted by molar-refractivity contribution is 7.89. The first-order chi connectivity index (χ1) is 12.4. The topological polar surface area (TPSA) is 75.7 Å². The van der Waals surface area contributed by atoms with Gasteiger partial charge in [-0.3, -0.25) is 4.79 Å². The van der Waals surface area contributed by atoms with Gasteiger partial charge >= 0.3 is 0 Å². The van der Waals surface area contributed by atoms with E-state index in [2.05, 4.69) is 5.32 Å². The van der Waals surface area contributed by atoms with E-state index in [1.807, 2.05) is 30.3 Å². The SMILES string of the molecule is CC(=O)Nc1ccc(S(=O)(=O)N2CCOC(Cc3ccccc3)C2)cc1. The summed E-state index contributed by atoms with van der Waals surface area (Å²) in [5.41, 5.74) is 1.69. The minimum Gasteiger partial charge on any atom is -0.375 e. The zero-order valence-corrected chi connectivity index (χ0v) is 15.4. The molecule has 0 bridgehead atoms. The van der Waals surface area contributed by atoms with E-state index in [4.69, 9.17) is 4.74 Å². The molecule has 1 fully saturated rings. The third-order valence-electron chi connectivity index (χ3n) is 4.22. The fourth-order valence-electron chi connectivity index (χ4n) is 2.97. The number of morpholine rings is 1. The van der Waals surface area contributed by atoms with Crippen LogP contribution in [0.3, 0.4) is 0 Å². The molecule has 1 aliphatic rings. The summed E-state index contributed by atoms with van der Waals surface area (Å²) < 4.78 is 33.0. The number of hydrogen-bond acceptors (Lipinski definition) is 4. The number of carbonyl (C=O) groups excluding carboxylic acids is 1. The van der Waals surface area contributed by atoms with E-state index in [1.165, 1.54) is 23.4 Å². The van der Waals surface area contributed by atoms with Crippen LogP contribution < -0.4 is 5.32 Å². The molecule has 0 aliphatic carbocycles. The van der Waals surface area contributed by atoms with Crippen molar-refractivity contribution >= 4 is 21.6 Å². The summed E-state index contributed by atoms with van der Waals surface area (Å²) >= 11 is 0. The first kappa shape index (κ1) is 18.6. The molecule has 138 valence electrons. The lowest BCUT2D eigenvalue weighted by Gasteiger charge is -2.32. The van der Waals surface area contributed by atoms with Gasteiger partial charge in [-0.1, -0.05) is 30.3 Å². The van der Waals surface area contributed by atoms with Crippen LogP contribution >= 0.6 is 0 Å². The van der Waals surface area contributed by atoms with Crippen molar-refractivity contribution in [3.8, 4) is 0 Å². The summed E-state index contributed by atoms with van der Waals surface area (Å²) in [5, 5.41) is 2.63. The van der Waals surface area contributed by atoms with Gasteiger partial charge in [-0.25, -0.2) is 8.42 Å². The Balaban J connectivity index is 1.71. The van der Waals surface area contributed by atoms with Crippen molar-refractivity contribution < 1.29 is 17.9 Å². The van der Waals surface area contributed by atoms with Gasteiger partial charge < -0.3 is 10.1 Å². The number of rotatable bonds is 5. The number of carbonyl (C=O) groups is 1. The summed E-state index contributed by atoms with van der Waals surface area (Å²) in [6, 6.07) is 16.1. The average Bonchev–Trinajstić information content (AvgIpc) is 2.63. The second kappa shape index (κ2) is 7.99. The van der Waals surface area contributed by atoms with E-state index in [9.17, 15) is 13.2 Å². The molecule has 0 saturated carbocycles. The maximum atomic E-state index is 12.9. The van der Waals surface area contributed by atoms with Gasteiger partial charge in [-0.2, -0.15) is 4.31 Å². The Bertz CT molecular complexity index is 851. The standard InChI is InChI=1S/C19H22N2O4S/c1-15(22)20-17-7-9-19(10-8-17)26(23,24)21-11-12-25-18(14-21)13-16-5-3-2-4-6-16/h2-10,18H,11-14H2,1H3,(H,20,22). The van der Waals surface area contributed by atoms with Gasteiger partial charge in [-0.15, -0.1) is 0 Å². The Labute approximate surface area is 153 Å². The van der Waals surface area contributed by atoms with Gasteiger partial charge in [0.05, 0.1) is 17.6 Å². The maximum Gasteiger partial charge on any atom is 0.243 e. The highest BCUT2D eigenvalue weighted by atomic mass is 32.2. The molecule has 1 amide bonds. The summed E-state index contributed by atoms with van der Waals surface area (Å²) in [6.07, 6.45) is 0.508. The van der Waals surface area contributed by atoms with Gasteiger partial charge in [0.15, 0.2) is 0 Å². The average molecular weight is 374 g/mol. The first-order valence-corrected chi connectivity index (χ1v) is 9.92. The molecule has 1 unspecified atom stereocenters. The van der Waals surface area contributed by atoms with Crippen molar-refractivity contribution in [2.45, 2.75) is 24.3 Å². The Morgan fingerprint density at radius 2 is 1.85 bits per heavy atom. The zero-order valence-electron chi connectivity index (χ0n) is 14.6. The van der Waals surface area contributed by atoms with E-state index in [1.54, 1.807) is 12.1 Å². The number of nitrogens with one attached hydrogen (secondary N) is 1. The van der Waals surface area contributed by atoms with Gasteiger partial charge in [0, 0.05) is 25.7 Å². The molecule has 1 heterocycles. The van der Waals surface area contributed by atoms with E-state index in [0.29, 0.717) is 31.8 Å². The number of nitrogens with zero attached hydrogens (tertiary/aromatic N) is 1. The molecule has 2 aromatic carbocycles. The number of sulfonamides is 1. The third kappa shape index (κ3) is 4.49. The van der Waals surface area contributed by atoms with Crippen molar-refractivity contribution in [2.24, 2.45) is 0 Å². The van der Waals surface area contributed by atoms with Gasteiger partial charge in [-0.05, 0) is 36.2 Å². The van der Waals surface area contributed by atoms with Crippen LogP contribution in [-0.4, -0.2) is 44.4 Å². The number of ether oxygens (including phenoxy) is 1. The molecule has 2 aromatic rings. The number of amides is 1. The molecule has 0 aromatic heterocycles. The molecule has 26 heavy (non-hydrogen) atoms. The van der Waals surface area contributed by atoms with Crippen LogP contribution in [0.1, 0.15) is 12.5 Å². The van der Waals surface area contributed by atoms with Crippen LogP contribution in [0.4, 0.5) is 5.69 Å². The molecule has 6 nitrogen and oxygen atoms in total. The molecule has 0 spiro atoms. The second-order valence-electron chi connectivity index (χ2n) is 6.25. The minimum atomic E-state index is -3.59. The van der Waals surface area contributed by atoms with Crippen molar-refractivity contribution in [3.05, 3.63) is 60.2 Å². The monoisotopic (exact) mass is 374 g/mol. The Morgan fingerprint density at radius 1 is 1.15 bits per heavy atom. The predicted octanol–water partition coefficient (Wildman–Crippen LogP) is 2.28. The van der Waals surface area contributed by atoms with Gasteiger partial charge in [0.1, 0.15) is 0 Å². The Kier molecular flexibility index (Phi) is 5.70. The Morgan fingerprint density at radius 3 is 2.50 bits per heavy atom. The lowest BCUT2D eigenvalue weighted by molar-refractivity contribution is -0.114. The Hall–Kier alpha value is -2.22. The molecular formula is C19H22N2O4S. The maximum absolute atomic E-state index is 12.9. The molecule has 1 aliphatic heterocycles. The highest BCUT2D eigenvalue weighted by Gasteiger charge is 2.30. The quantitative estimate of drug-likeness (QED) is 0.871. The van der Waals surface area contributed by atoms with Crippen LogP contribution in [0.25, 0.3) is 0 Å². The molecule has 1 atom stereocenters. The van der Waals surface area contributed by atoms with Crippen LogP contribution in [0.15, 0.2) is 59.5 Å². The van der Waals surface area contributed by atoms with Crippen molar-refractivity contribution in [1.29, 1.82) is 0 Å². The van der Waals surface area contributed by atoms with E-state index >= 15 is 0 Å². The molecule has 1 saturated heterocycles. The minimum absolute atomic E-state index is 0.167. The van der Waals surface area contributed by atoms with E-state index in [-0.39, 0.29) is 16.9 Å². The third-order valence-corrected chi connectivity index (χ3v) is 6.10. The van der Waals surface area contributed by atoms with Crippen LogP contribution in [0.5, 0.6) is 0 Å². The van der Waals surface area contributed by atoms with E-state index < -0.39 is 10.0 Å². The number of anilines is 1. The molecule has 0 radical (unpaired) electrons. The zero-order chi connectivity index (χ0) is 18.6. The molecule has 7 heteroatoms. The smallest absolute Gasteiger partial charge is 0.243 e. The molecule has 3 rings (SSSR count). The van der Waals surface area contributed by atoms with Crippen molar-refractivity contribution in [3.63, 3.8) is 0 Å². The molecular weight excluding hydrogens is 352 g/mol. The second-order valence-corrected chi connectivity index (χ2v) is 8.19. The van der Waals surface area contributed by atoms with Crippen LogP contribution in [-0.2, 0) is 26.0 Å². The summed E-state index contributed by atoms with van der Waals surface area (Å²) in [7, 11) is -3.59. The van der Waals surface area contributed by atoms with Gasteiger partial charge in [0.25, 0.3) is 0 Å². The predicted molar refractivity (Wildman–Crippen MR) is 99.4 cm³/mol. The van der Waals surface area contributed by atoms with Gasteiger partial charge in [0.2, 0.25) is 15.9 Å². The summed E-state index contributed by atoms with van der Waals surface area (Å²) in [4.78, 5) is 11.3. The summed E-state index contributed by atoms with van der Waals surface area (Å²) in [5.74, 6) is -0.197. The largest absolute Gasteiger partial charge is 0.375 e. The number of benzene rings is 2. The lowest BCUT2D eigenvalue weighted by atomic mass is 10.1. The fraction of sp³-hybridized carbons (Fsp3) is 0.316. The number of hydrogen-bond donors (Lipinski definition) is 1. The highest BCUT2D eigenvalue weighted by Crippen LogP contribution is 2.22. The lowest BCUT2D eigenvalue weighted by Crippen LogP contribution is -2.46. The van der Waals surface area contributed by atoms with Crippen molar-refractivity contribution in [1.82, 2.24) is 4.31 Å². The van der Waals surface area contributed by atoms with E-state index in [0.717, 1.165) is 5.56 Å².